The molecule has 4 aliphatic rings. The third kappa shape index (κ3) is 1.93. The fourth-order valence-corrected chi connectivity index (χ4v) is 6.06. The summed E-state index contributed by atoms with van der Waals surface area (Å²) in [6, 6.07) is 0. The largest absolute Gasteiger partial charge is 0.454 e. The maximum absolute atomic E-state index is 12.6. The molecule has 0 aromatic carbocycles. The molecule has 4 heteroatoms. The average molecular weight is 318 g/mol. The lowest BCUT2D eigenvalue weighted by Crippen LogP contribution is -2.55. The molecule has 0 saturated heterocycles. The van der Waals surface area contributed by atoms with E-state index in [4.69, 9.17) is 4.74 Å². The molecule has 2 saturated carbocycles. The van der Waals surface area contributed by atoms with Crippen LogP contribution in [0.3, 0.4) is 0 Å². The van der Waals surface area contributed by atoms with Crippen LogP contribution in [0.4, 0.5) is 0 Å². The predicted octanol–water partition coefficient (Wildman–Crippen LogP) is 2.78. The molecule has 1 aliphatic heterocycles. The van der Waals surface area contributed by atoms with Gasteiger partial charge in [0.05, 0.1) is 6.10 Å². The average Bonchev–Trinajstić information content (AvgIpc) is 2.75. The Balaban J connectivity index is 1.90. The van der Waals surface area contributed by atoms with E-state index in [2.05, 4.69) is 20.8 Å². The van der Waals surface area contributed by atoms with Crippen LogP contribution in [0.2, 0.25) is 0 Å². The Hall–Kier alpha value is -1.16. The molecule has 4 rings (SSSR count). The molecule has 0 amide bonds. The lowest BCUT2D eigenvalue weighted by atomic mass is 9.51. The second-order valence-electron chi connectivity index (χ2n) is 8.81. The molecule has 0 aromatic heterocycles. The molecule has 3 aliphatic carbocycles. The summed E-state index contributed by atoms with van der Waals surface area (Å²) in [7, 11) is 0. The number of Topliss-reactive ketones (excluding diaryl/α,β-unsaturated/α-hetero) is 1. The van der Waals surface area contributed by atoms with Crippen LogP contribution in [0.1, 0.15) is 59.3 Å². The molecule has 126 valence electrons. The van der Waals surface area contributed by atoms with Crippen molar-refractivity contribution in [2.75, 3.05) is 0 Å². The summed E-state index contributed by atoms with van der Waals surface area (Å²) in [5.74, 6) is -0.204. The zero-order valence-corrected chi connectivity index (χ0v) is 14.2. The summed E-state index contributed by atoms with van der Waals surface area (Å²) in [4.78, 5) is 25.0. The number of hydrogen-bond donors (Lipinski definition) is 1. The van der Waals surface area contributed by atoms with Gasteiger partial charge in [-0.3, -0.25) is 4.79 Å². The van der Waals surface area contributed by atoms with Crippen molar-refractivity contribution in [1.29, 1.82) is 0 Å². The van der Waals surface area contributed by atoms with Crippen LogP contribution in [-0.4, -0.2) is 29.1 Å². The van der Waals surface area contributed by atoms with Crippen molar-refractivity contribution in [3.8, 4) is 0 Å². The SMILES string of the molecule is CC1(C)C2C(=O)CC[C@H]1C1OC(=O)C3=C1[C@@](C)(CCC3)CC2O. The van der Waals surface area contributed by atoms with Gasteiger partial charge in [0.2, 0.25) is 0 Å². The monoisotopic (exact) mass is 318 g/mol. The number of rotatable bonds is 0. The van der Waals surface area contributed by atoms with Gasteiger partial charge in [-0.15, -0.1) is 0 Å². The molecule has 3 unspecified atom stereocenters. The van der Waals surface area contributed by atoms with Crippen LogP contribution in [0.15, 0.2) is 11.1 Å². The summed E-state index contributed by atoms with van der Waals surface area (Å²) in [5.41, 5.74) is 1.45. The Kier molecular flexibility index (Phi) is 3.13. The van der Waals surface area contributed by atoms with E-state index < -0.39 is 6.10 Å². The van der Waals surface area contributed by atoms with Gasteiger partial charge in [-0.25, -0.2) is 4.79 Å². The Labute approximate surface area is 137 Å². The molecule has 23 heavy (non-hydrogen) atoms. The standard InChI is InChI=1S/C19H26O4/c1-18(2)11-6-7-12(20)15(18)13(21)9-19(3)8-4-5-10-14(19)16(11)23-17(10)22/h11,13,15-16,21H,4-9H2,1-3H3/t11-,13?,15?,16?,19-/m0/s1. The number of aliphatic hydroxyl groups excluding tert-OH is 1. The summed E-state index contributed by atoms with van der Waals surface area (Å²) < 4.78 is 5.87. The number of ether oxygens (including phenoxy) is 1. The Bertz CT molecular complexity index is 617. The van der Waals surface area contributed by atoms with Crippen LogP contribution < -0.4 is 0 Å². The second-order valence-corrected chi connectivity index (χ2v) is 8.81. The normalized spacial score (nSPS) is 45.2. The third-order valence-electron chi connectivity index (χ3n) is 7.11. The van der Waals surface area contributed by atoms with Gasteiger partial charge in [-0.2, -0.15) is 0 Å². The summed E-state index contributed by atoms with van der Waals surface area (Å²) in [6.07, 6.45) is 3.69. The minimum Gasteiger partial charge on any atom is -0.454 e. The number of ketones is 1. The van der Waals surface area contributed by atoms with E-state index in [1.165, 1.54) is 0 Å². The quantitative estimate of drug-likeness (QED) is 0.698. The highest BCUT2D eigenvalue weighted by atomic mass is 16.5. The molecule has 1 N–H and O–H groups in total. The number of carbonyl (C=O) groups excluding carboxylic acids is 2. The number of aliphatic hydroxyl groups is 1. The van der Waals surface area contributed by atoms with Crippen LogP contribution >= 0.6 is 0 Å². The van der Waals surface area contributed by atoms with Crippen molar-refractivity contribution >= 4 is 11.8 Å². The zero-order chi connectivity index (χ0) is 16.6. The molecule has 4 nitrogen and oxygen atoms in total. The predicted molar refractivity (Wildman–Crippen MR) is 84.5 cm³/mol. The summed E-state index contributed by atoms with van der Waals surface area (Å²) >= 11 is 0. The van der Waals surface area contributed by atoms with Crippen LogP contribution in [0.5, 0.6) is 0 Å². The fourth-order valence-electron chi connectivity index (χ4n) is 6.06. The molecule has 1 heterocycles. The van der Waals surface area contributed by atoms with Gasteiger partial charge in [0.15, 0.2) is 0 Å². The number of hydrogen-bond acceptors (Lipinski definition) is 4. The Morgan fingerprint density at radius 3 is 2.65 bits per heavy atom. The van der Waals surface area contributed by atoms with Crippen LogP contribution in [0.25, 0.3) is 0 Å². The van der Waals surface area contributed by atoms with Gasteiger partial charge < -0.3 is 9.84 Å². The first kappa shape index (κ1) is 15.4. The molecule has 0 radical (unpaired) electrons. The molecular weight excluding hydrogens is 292 g/mol. The Morgan fingerprint density at radius 2 is 1.91 bits per heavy atom. The lowest BCUT2D eigenvalue weighted by Gasteiger charge is -2.53. The minimum atomic E-state index is -0.631. The van der Waals surface area contributed by atoms with E-state index in [9.17, 15) is 14.7 Å². The van der Waals surface area contributed by atoms with E-state index >= 15 is 0 Å². The summed E-state index contributed by atoms with van der Waals surface area (Å²) in [5, 5.41) is 10.9. The van der Waals surface area contributed by atoms with Gasteiger partial charge in [0.1, 0.15) is 11.9 Å². The first-order valence-corrected chi connectivity index (χ1v) is 8.91. The molecule has 2 fully saturated rings. The lowest BCUT2D eigenvalue weighted by molar-refractivity contribution is -0.157. The van der Waals surface area contributed by atoms with E-state index in [1.54, 1.807) is 0 Å². The minimum absolute atomic E-state index is 0.119. The number of fused-ring (bicyclic) bond motifs is 3. The van der Waals surface area contributed by atoms with Crippen molar-refractivity contribution in [1.82, 2.24) is 0 Å². The third-order valence-corrected chi connectivity index (χ3v) is 7.11. The van der Waals surface area contributed by atoms with Gasteiger partial charge in [-0.05, 0) is 48.5 Å². The van der Waals surface area contributed by atoms with E-state index in [0.29, 0.717) is 12.8 Å². The molecule has 0 aromatic rings. The van der Waals surface area contributed by atoms with E-state index in [-0.39, 0.29) is 40.5 Å². The van der Waals surface area contributed by atoms with Crippen LogP contribution in [-0.2, 0) is 14.3 Å². The molecule has 0 spiro atoms. The van der Waals surface area contributed by atoms with Crippen molar-refractivity contribution in [2.45, 2.75) is 71.5 Å². The molecule has 5 atom stereocenters. The van der Waals surface area contributed by atoms with Crippen molar-refractivity contribution in [2.24, 2.45) is 22.7 Å². The first-order valence-electron chi connectivity index (χ1n) is 8.91. The van der Waals surface area contributed by atoms with Crippen molar-refractivity contribution in [3.63, 3.8) is 0 Å². The highest BCUT2D eigenvalue weighted by Gasteiger charge is 2.59. The number of carbonyl (C=O) groups is 2. The van der Waals surface area contributed by atoms with E-state index in [0.717, 1.165) is 36.8 Å². The topological polar surface area (TPSA) is 63.6 Å². The molecule has 2 bridgehead atoms. The first-order chi connectivity index (χ1) is 10.8. The highest BCUT2D eigenvalue weighted by molar-refractivity contribution is 5.93. The van der Waals surface area contributed by atoms with Gasteiger partial charge in [0, 0.05) is 23.8 Å². The van der Waals surface area contributed by atoms with Crippen LogP contribution in [0, 0.1) is 22.7 Å². The maximum atomic E-state index is 12.6. The smallest absolute Gasteiger partial charge is 0.334 e. The highest BCUT2D eigenvalue weighted by Crippen LogP contribution is 2.59. The van der Waals surface area contributed by atoms with E-state index in [1.807, 2.05) is 0 Å². The summed E-state index contributed by atoms with van der Waals surface area (Å²) in [6.45, 7) is 6.29. The second kappa shape index (κ2) is 4.69. The zero-order valence-electron chi connectivity index (χ0n) is 14.2. The van der Waals surface area contributed by atoms with Crippen molar-refractivity contribution < 1.29 is 19.4 Å². The maximum Gasteiger partial charge on any atom is 0.334 e. The van der Waals surface area contributed by atoms with Gasteiger partial charge in [-0.1, -0.05) is 20.8 Å². The van der Waals surface area contributed by atoms with Crippen molar-refractivity contribution in [3.05, 3.63) is 11.1 Å². The van der Waals surface area contributed by atoms with Gasteiger partial charge >= 0.3 is 5.97 Å². The van der Waals surface area contributed by atoms with Gasteiger partial charge in [0.25, 0.3) is 0 Å². The molecular formula is C19H26O4. The Morgan fingerprint density at radius 1 is 1.17 bits per heavy atom. The number of esters is 1. The fraction of sp³-hybridized carbons (Fsp3) is 0.789.